The molecule has 2 rings (SSSR count). The molecule has 0 aliphatic heterocycles. The fourth-order valence-electron chi connectivity index (χ4n) is 4.60. The van der Waals surface area contributed by atoms with Gasteiger partial charge in [-0.3, -0.25) is 0 Å². The van der Waals surface area contributed by atoms with E-state index in [0.29, 0.717) is 12.2 Å². The van der Waals surface area contributed by atoms with Gasteiger partial charge in [-0.15, -0.1) is 0 Å². The first-order valence-electron chi connectivity index (χ1n) is 9.48. The number of hydrogen-bond donors (Lipinski definition) is 0. The van der Waals surface area contributed by atoms with Gasteiger partial charge in [-0.05, 0) is 69.1 Å². The molecule has 0 radical (unpaired) electrons. The molecule has 2 heteroatoms. The molecule has 2 fully saturated rings. The van der Waals surface area contributed by atoms with E-state index in [1.807, 2.05) is 0 Å². The second-order valence-electron chi connectivity index (χ2n) is 7.52. The maximum Gasteiger partial charge on any atom is 0.0827 e. The Kier molecular flexibility index (Phi) is 7.99. The highest BCUT2D eigenvalue weighted by Crippen LogP contribution is 2.42. The van der Waals surface area contributed by atoms with E-state index in [0.717, 1.165) is 43.4 Å². The van der Waals surface area contributed by atoms with Crippen LogP contribution in [0.5, 0.6) is 0 Å². The van der Waals surface area contributed by atoms with Crippen LogP contribution in [-0.4, -0.2) is 0 Å². The Hall–Kier alpha value is -0.840. The monoisotopic (exact) mass is 305 g/mol. The number of halogens is 1. The average molecular weight is 305 g/mol. The van der Waals surface area contributed by atoms with E-state index in [-0.39, 0.29) is 0 Å². The van der Waals surface area contributed by atoms with Crippen molar-refractivity contribution in [3.8, 4) is 6.07 Å². The Balaban J connectivity index is 1.55. The molecule has 2 aliphatic rings. The molecule has 0 atom stereocenters. The summed E-state index contributed by atoms with van der Waals surface area (Å²) in [6.07, 6.45) is 18.9. The highest BCUT2D eigenvalue weighted by molar-refractivity contribution is 4.89. The van der Waals surface area contributed by atoms with Crippen molar-refractivity contribution in [1.82, 2.24) is 0 Å². The minimum atomic E-state index is 0.347. The molecule has 0 aromatic rings. The van der Waals surface area contributed by atoms with Crippen LogP contribution in [-0.2, 0) is 0 Å². The molecule has 0 spiro atoms. The summed E-state index contributed by atoms with van der Waals surface area (Å²) in [5.74, 6) is 3.16. The number of nitrogens with zero attached hydrogens (tertiary/aromatic N) is 1. The zero-order valence-electron chi connectivity index (χ0n) is 14.0. The Labute approximate surface area is 136 Å². The third-order valence-electron chi connectivity index (χ3n) is 6.08. The molecule has 0 aromatic heterocycles. The summed E-state index contributed by atoms with van der Waals surface area (Å²) in [5, 5.41) is 9.00. The van der Waals surface area contributed by atoms with Crippen molar-refractivity contribution in [1.29, 1.82) is 5.26 Å². The van der Waals surface area contributed by atoms with Crippen LogP contribution in [0.4, 0.5) is 4.39 Å². The van der Waals surface area contributed by atoms with Crippen LogP contribution in [0.15, 0.2) is 12.4 Å². The third kappa shape index (κ3) is 5.75. The van der Waals surface area contributed by atoms with Crippen LogP contribution in [0.2, 0.25) is 0 Å². The number of unbranched alkanes of at least 4 members (excludes halogenated alkanes) is 3. The van der Waals surface area contributed by atoms with Crippen LogP contribution in [0.3, 0.4) is 0 Å². The summed E-state index contributed by atoms with van der Waals surface area (Å²) in [5.41, 5.74) is 0. The van der Waals surface area contributed by atoms with E-state index in [2.05, 4.69) is 6.07 Å². The molecule has 2 aliphatic carbocycles. The van der Waals surface area contributed by atoms with Gasteiger partial charge in [0, 0.05) is 5.92 Å². The van der Waals surface area contributed by atoms with Gasteiger partial charge in [0.2, 0.25) is 0 Å². The smallest absolute Gasteiger partial charge is 0.0827 e. The Morgan fingerprint density at radius 1 is 0.864 bits per heavy atom. The molecule has 22 heavy (non-hydrogen) atoms. The molecule has 0 N–H and O–H groups in total. The Bertz CT molecular complexity index is 354. The van der Waals surface area contributed by atoms with Crippen LogP contribution >= 0.6 is 0 Å². The standard InChI is InChI=1S/C20H32FN/c21-15-5-3-1-2-4-6-17-7-11-19(12-8-17)20-13-9-18(16-22)10-14-20/h5,15,17-20H,1-4,6-14H2/b15-5+/t17?,18-,19?,20-. The average Bonchev–Trinajstić information content (AvgIpc) is 2.59. The molecule has 0 heterocycles. The summed E-state index contributed by atoms with van der Waals surface area (Å²) < 4.78 is 11.8. The van der Waals surface area contributed by atoms with Crippen LogP contribution in [0.1, 0.15) is 83.5 Å². The topological polar surface area (TPSA) is 23.8 Å². The molecule has 124 valence electrons. The molecule has 0 amide bonds. The van der Waals surface area contributed by atoms with Gasteiger partial charge in [-0.1, -0.05) is 38.2 Å². The number of hydrogen-bond acceptors (Lipinski definition) is 1. The maximum absolute atomic E-state index is 11.8. The van der Waals surface area contributed by atoms with Gasteiger partial charge in [0.25, 0.3) is 0 Å². The van der Waals surface area contributed by atoms with Crippen LogP contribution < -0.4 is 0 Å². The van der Waals surface area contributed by atoms with Gasteiger partial charge in [0.15, 0.2) is 0 Å². The molecular weight excluding hydrogens is 273 g/mol. The van der Waals surface area contributed by atoms with Gasteiger partial charge in [0.1, 0.15) is 0 Å². The van der Waals surface area contributed by atoms with E-state index in [4.69, 9.17) is 5.26 Å². The first-order valence-corrected chi connectivity index (χ1v) is 9.48. The zero-order valence-corrected chi connectivity index (χ0v) is 14.0. The van der Waals surface area contributed by atoms with Crippen LogP contribution in [0, 0.1) is 35.0 Å². The minimum absolute atomic E-state index is 0.347. The van der Waals surface area contributed by atoms with Gasteiger partial charge >= 0.3 is 0 Å². The molecular formula is C20H32FN. The lowest BCUT2D eigenvalue weighted by atomic mass is 9.69. The van der Waals surface area contributed by atoms with E-state index in [1.54, 1.807) is 6.08 Å². The second kappa shape index (κ2) is 10.0. The summed E-state index contributed by atoms with van der Waals surface area (Å²) >= 11 is 0. The van der Waals surface area contributed by atoms with Crippen molar-refractivity contribution in [3.05, 3.63) is 12.4 Å². The normalized spacial score (nSPS) is 32.9. The molecule has 1 nitrogen and oxygen atoms in total. The van der Waals surface area contributed by atoms with Crippen LogP contribution in [0.25, 0.3) is 0 Å². The summed E-state index contributed by atoms with van der Waals surface area (Å²) in [7, 11) is 0. The van der Waals surface area contributed by atoms with E-state index >= 15 is 0 Å². The fourth-order valence-corrected chi connectivity index (χ4v) is 4.60. The van der Waals surface area contributed by atoms with E-state index in [9.17, 15) is 4.39 Å². The molecule has 0 saturated heterocycles. The molecule has 0 bridgehead atoms. The van der Waals surface area contributed by atoms with Crippen molar-refractivity contribution in [2.24, 2.45) is 23.7 Å². The number of allylic oxidation sites excluding steroid dienone is 1. The zero-order chi connectivity index (χ0) is 15.6. The number of nitriles is 1. The molecule has 0 aromatic carbocycles. The minimum Gasteiger partial charge on any atom is -0.216 e. The highest BCUT2D eigenvalue weighted by atomic mass is 19.1. The lowest BCUT2D eigenvalue weighted by Gasteiger charge is -2.36. The van der Waals surface area contributed by atoms with Crippen molar-refractivity contribution in [2.45, 2.75) is 83.5 Å². The first kappa shape index (κ1) is 17.5. The van der Waals surface area contributed by atoms with Gasteiger partial charge < -0.3 is 0 Å². The second-order valence-corrected chi connectivity index (χ2v) is 7.52. The van der Waals surface area contributed by atoms with Crippen molar-refractivity contribution >= 4 is 0 Å². The SMILES string of the molecule is N#C[C@H]1CC[C@H](C2CCC(CCCCC/C=C/F)CC2)CC1. The first-order chi connectivity index (χ1) is 10.8. The van der Waals surface area contributed by atoms with Crippen molar-refractivity contribution in [3.63, 3.8) is 0 Å². The maximum atomic E-state index is 11.8. The largest absolute Gasteiger partial charge is 0.216 e. The highest BCUT2D eigenvalue weighted by Gasteiger charge is 2.30. The summed E-state index contributed by atoms with van der Waals surface area (Å²) in [6, 6.07) is 2.45. The summed E-state index contributed by atoms with van der Waals surface area (Å²) in [4.78, 5) is 0. The number of rotatable bonds is 7. The van der Waals surface area contributed by atoms with Crippen molar-refractivity contribution in [2.75, 3.05) is 0 Å². The quantitative estimate of drug-likeness (QED) is 0.489. The summed E-state index contributed by atoms with van der Waals surface area (Å²) in [6.45, 7) is 0. The molecule has 2 saturated carbocycles. The Morgan fingerprint density at radius 2 is 1.50 bits per heavy atom. The van der Waals surface area contributed by atoms with E-state index < -0.39 is 0 Å². The fraction of sp³-hybridized carbons (Fsp3) is 0.850. The third-order valence-corrected chi connectivity index (χ3v) is 6.08. The Morgan fingerprint density at radius 3 is 2.09 bits per heavy atom. The molecule has 0 unspecified atom stereocenters. The van der Waals surface area contributed by atoms with Gasteiger partial charge in [-0.25, -0.2) is 4.39 Å². The van der Waals surface area contributed by atoms with E-state index in [1.165, 1.54) is 57.8 Å². The van der Waals surface area contributed by atoms with Crippen molar-refractivity contribution < 1.29 is 4.39 Å². The van der Waals surface area contributed by atoms with Gasteiger partial charge in [0.05, 0.1) is 12.4 Å². The van der Waals surface area contributed by atoms with Gasteiger partial charge in [-0.2, -0.15) is 5.26 Å². The predicted molar refractivity (Wildman–Crippen MR) is 89.8 cm³/mol. The lowest BCUT2D eigenvalue weighted by molar-refractivity contribution is 0.152. The predicted octanol–water partition coefficient (Wildman–Crippen LogP) is 6.56. The lowest BCUT2D eigenvalue weighted by Crippen LogP contribution is -2.25.